The molecule has 3 aromatic carbocycles. The number of rotatable bonds is 8. The zero-order chi connectivity index (χ0) is 32.0. The van der Waals surface area contributed by atoms with E-state index in [0.717, 1.165) is 5.56 Å². The van der Waals surface area contributed by atoms with E-state index < -0.39 is 29.3 Å². The predicted octanol–water partition coefficient (Wildman–Crippen LogP) is 3.88. The molecule has 0 bridgehead atoms. The summed E-state index contributed by atoms with van der Waals surface area (Å²) in [6.07, 6.45) is -0.904. The summed E-state index contributed by atoms with van der Waals surface area (Å²) in [5, 5.41) is 14.7. The van der Waals surface area contributed by atoms with Crippen molar-refractivity contribution in [1.82, 2.24) is 4.98 Å². The number of β-amino-alcohol motifs (C(OH)–C–C–N with tert-alkyl or cyclic N) is 1. The first-order chi connectivity index (χ1) is 21.6. The summed E-state index contributed by atoms with van der Waals surface area (Å²) >= 11 is 0. The molecule has 6 rings (SSSR count). The molecular weight excluding hydrogens is 582 g/mol. The lowest BCUT2D eigenvalue weighted by atomic mass is 9.88. The van der Waals surface area contributed by atoms with E-state index in [1.807, 2.05) is 30.3 Å². The molecule has 1 amide bonds. The van der Waals surface area contributed by atoms with Crippen molar-refractivity contribution in [2.75, 3.05) is 45.2 Å². The van der Waals surface area contributed by atoms with Crippen LogP contribution in [0.3, 0.4) is 0 Å². The number of aliphatic hydroxyl groups is 1. The maximum Gasteiger partial charge on any atom is 0.339 e. The van der Waals surface area contributed by atoms with Gasteiger partial charge in [0.15, 0.2) is 17.0 Å². The standard InChI is InChI=1S/C33H33N3O9/c1-33(32(40)44-5)30(38)25-20-13-19(37)15-36(22(20)14-23(27(25)35-33)45-16-17-9-7-6-8-10-17)31(39)21-11-18-12-24(41-2)28(42-3)29(43-4)26(18)34-21/h6-12,14,19,34-35,37H,13,15-16H2,1-5H3/t19-,33+/m0/s1. The summed E-state index contributed by atoms with van der Waals surface area (Å²) in [4.78, 5) is 45.5. The number of hydrogen-bond acceptors (Lipinski definition) is 10. The van der Waals surface area contributed by atoms with Gasteiger partial charge < -0.3 is 44.0 Å². The number of ether oxygens (including phenoxy) is 5. The van der Waals surface area contributed by atoms with Gasteiger partial charge in [-0.15, -0.1) is 0 Å². The fourth-order valence-electron chi connectivity index (χ4n) is 6.07. The van der Waals surface area contributed by atoms with Gasteiger partial charge in [-0.05, 0) is 30.2 Å². The Morgan fingerprint density at radius 1 is 1.00 bits per heavy atom. The molecule has 1 aromatic heterocycles. The van der Waals surface area contributed by atoms with E-state index in [-0.39, 0.29) is 36.6 Å². The molecule has 3 N–H and O–H groups in total. The number of nitrogens with one attached hydrogen (secondary N) is 2. The highest BCUT2D eigenvalue weighted by atomic mass is 16.5. The van der Waals surface area contributed by atoms with Gasteiger partial charge in [0.05, 0.1) is 63.5 Å². The van der Waals surface area contributed by atoms with Crippen LogP contribution in [-0.2, 0) is 22.6 Å². The molecule has 12 nitrogen and oxygen atoms in total. The number of aromatic amines is 1. The van der Waals surface area contributed by atoms with Crippen molar-refractivity contribution in [3.8, 4) is 23.0 Å². The molecule has 4 aromatic rings. The number of methoxy groups -OCH3 is 4. The van der Waals surface area contributed by atoms with E-state index in [1.54, 1.807) is 18.2 Å². The number of hydrogen-bond donors (Lipinski definition) is 3. The summed E-state index contributed by atoms with van der Waals surface area (Å²) in [7, 11) is 5.69. The number of Topliss-reactive ketones (excluding diaryl/α,β-unsaturated/α-hetero) is 1. The number of carbonyl (C=O) groups excluding carboxylic acids is 3. The minimum absolute atomic E-state index is 0.0439. The van der Waals surface area contributed by atoms with E-state index in [2.05, 4.69) is 10.3 Å². The SMILES string of the molecule is COC(=O)[C@]1(C)Nc2c(OCc3ccccc3)cc3c(c2C1=O)C[C@H](O)CN3C(=O)c1cc2cc(OC)c(OC)c(OC)c2[nH]1. The maximum absolute atomic E-state index is 14.2. The fourth-order valence-corrected chi connectivity index (χ4v) is 6.07. The van der Waals surface area contributed by atoms with E-state index in [1.165, 1.54) is 40.3 Å². The smallest absolute Gasteiger partial charge is 0.339 e. The Kier molecular flexibility index (Phi) is 7.53. The van der Waals surface area contributed by atoms with Crippen LogP contribution >= 0.6 is 0 Å². The number of benzene rings is 3. The van der Waals surface area contributed by atoms with Gasteiger partial charge in [-0.1, -0.05) is 30.3 Å². The van der Waals surface area contributed by atoms with Gasteiger partial charge in [0.25, 0.3) is 5.91 Å². The molecule has 234 valence electrons. The molecular formula is C33H33N3O9. The largest absolute Gasteiger partial charge is 0.493 e. The zero-order valence-corrected chi connectivity index (χ0v) is 25.5. The van der Waals surface area contributed by atoms with Gasteiger partial charge in [-0.2, -0.15) is 0 Å². The molecule has 0 unspecified atom stereocenters. The van der Waals surface area contributed by atoms with E-state index in [0.29, 0.717) is 45.1 Å². The molecule has 3 heterocycles. The molecule has 0 aliphatic carbocycles. The van der Waals surface area contributed by atoms with Crippen LogP contribution in [0.5, 0.6) is 23.0 Å². The Hall–Kier alpha value is -5.23. The molecule has 0 radical (unpaired) electrons. The van der Waals surface area contributed by atoms with Crippen LogP contribution in [-0.4, -0.2) is 74.4 Å². The number of ketones is 1. The Balaban J connectivity index is 1.48. The average molecular weight is 616 g/mol. The Bertz CT molecular complexity index is 1830. The molecule has 0 saturated heterocycles. The molecule has 45 heavy (non-hydrogen) atoms. The summed E-state index contributed by atoms with van der Waals surface area (Å²) in [5.41, 5.74) is 1.17. The summed E-state index contributed by atoms with van der Waals surface area (Å²) < 4.78 is 27.7. The highest BCUT2D eigenvalue weighted by Crippen LogP contribution is 2.48. The van der Waals surface area contributed by atoms with Crippen molar-refractivity contribution in [3.63, 3.8) is 0 Å². The number of carbonyl (C=O) groups is 3. The number of nitrogens with zero attached hydrogens (tertiary/aromatic N) is 1. The minimum atomic E-state index is -1.72. The van der Waals surface area contributed by atoms with Crippen LogP contribution in [0.25, 0.3) is 10.9 Å². The molecule has 2 atom stereocenters. The highest BCUT2D eigenvalue weighted by Gasteiger charge is 2.52. The second-order valence-electron chi connectivity index (χ2n) is 11.0. The lowest BCUT2D eigenvalue weighted by molar-refractivity contribution is -0.143. The first-order valence-corrected chi connectivity index (χ1v) is 14.2. The van der Waals surface area contributed by atoms with Gasteiger partial charge in [0, 0.05) is 17.9 Å². The van der Waals surface area contributed by atoms with Crippen molar-refractivity contribution in [3.05, 3.63) is 70.9 Å². The van der Waals surface area contributed by atoms with Crippen LogP contribution in [0.1, 0.15) is 38.9 Å². The maximum atomic E-state index is 14.2. The lowest BCUT2D eigenvalue weighted by Gasteiger charge is -2.33. The Morgan fingerprint density at radius 2 is 1.73 bits per heavy atom. The lowest BCUT2D eigenvalue weighted by Crippen LogP contribution is -2.47. The van der Waals surface area contributed by atoms with Crippen molar-refractivity contribution < 1.29 is 43.2 Å². The fraction of sp³-hybridized carbons (Fsp3) is 0.303. The predicted molar refractivity (Wildman–Crippen MR) is 165 cm³/mol. The summed E-state index contributed by atoms with van der Waals surface area (Å²) in [6.45, 7) is 1.56. The third-order valence-corrected chi connectivity index (χ3v) is 8.28. The highest BCUT2D eigenvalue weighted by molar-refractivity contribution is 6.26. The number of H-pyrrole nitrogens is 1. The molecule has 0 saturated carbocycles. The monoisotopic (exact) mass is 615 g/mol. The number of esters is 1. The summed E-state index contributed by atoms with van der Waals surface area (Å²) in [6, 6.07) is 14.5. The topological polar surface area (TPSA) is 149 Å². The molecule has 2 aliphatic heterocycles. The number of aliphatic hydroxyl groups excluding tert-OH is 1. The van der Waals surface area contributed by atoms with Gasteiger partial charge >= 0.3 is 5.97 Å². The Labute approximate surface area is 258 Å². The van der Waals surface area contributed by atoms with Gasteiger partial charge in [-0.3, -0.25) is 9.59 Å². The Morgan fingerprint density at radius 3 is 2.40 bits per heavy atom. The minimum Gasteiger partial charge on any atom is -0.493 e. The number of aromatic nitrogens is 1. The second kappa shape index (κ2) is 11.4. The van der Waals surface area contributed by atoms with Gasteiger partial charge in [0.2, 0.25) is 11.5 Å². The normalized spacial score (nSPS) is 18.6. The third kappa shape index (κ3) is 4.78. The van der Waals surface area contributed by atoms with Crippen molar-refractivity contribution >= 4 is 39.9 Å². The van der Waals surface area contributed by atoms with Crippen LogP contribution in [0.4, 0.5) is 11.4 Å². The number of fused-ring (bicyclic) bond motifs is 4. The van der Waals surface area contributed by atoms with E-state index >= 15 is 0 Å². The summed E-state index contributed by atoms with van der Waals surface area (Å²) in [5.74, 6) is -0.352. The molecule has 2 aliphatic rings. The number of amides is 1. The van der Waals surface area contributed by atoms with Crippen LogP contribution in [0, 0.1) is 0 Å². The first kappa shape index (κ1) is 29.8. The third-order valence-electron chi connectivity index (χ3n) is 8.28. The number of anilines is 2. The van der Waals surface area contributed by atoms with Crippen LogP contribution in [0.15, 0.2) is 48.5 Å². The van der Waals surface area contributed by atoms with Crippen molar-refractivity contribution in [1.29, 1.82) is 0 Å². The van der Waals surface area contributed by atoms with Crippen molar-refractivity contribution in [2.45, 2.75) is 31.6 Å². The molecule has 0 spiro atoms. The average Bonchev–Trinajstić information content (AvgIpc) is 3.61. The quantitative estimate of drug-likeness (QED) is 0.197. The van der Waals surface area contributed by atoms with E-state index in [9.17, 15) is 19.5 Å². The zero-order valence-electron chi connectivity index (χ0n) is 25.5. The molecule has 0 fully saturated rings. The van der Waals surface area contributed by atoms with Gasteiger partial charge in [-0.25, -0.2) is 4.79 Å². The molecule has 12 heteroatoms. The van der Waals surface area contributed by atoms with E-state index in [4.69, 9.17) is 23.7 Å². The van der Waals surface area contributed by atoms with Gasteiger partial charge in [0.1, 0.15) is 18.1 Å². The first-order valence-electron chi connectivity index (χ1n) is 14.2. The van der Waals surface area contributed by atoms with Crippen LogP contribution < -0.4 is 29.2 Å². The van der Waals surface area contributed by atoms with Crippen LogP contribution in [0.2, 0.25) is 0 Å². The van der Waals surface area contributed by atoms with Crippen molar-refractivity contribution in [2.24, 2.45) is 0 Å². The second-order valence-corrected chi connectivity index (χ2v) is 11.0.